The van der Waals surface area contributed by atoms with Crippen molar-refractivity contribution in [2.24, 2.45) is 5.73 Å². The Hall–Kier alpha value is -1.46. The molecule has 1 aromatic rings. The van der Waals surface area contributed by atoms with Crippen LogP contribution in [0.5, 0.6) is 0 Å². The minimum Gasteiger partial charge on any atom is -0.326 e. The normalized spacial score (nSPS) is 17.1. The number of rotatable bonds is 4. The van der Waals surface area contributed by atoms with Crippen molar-refractivity contribution in [2.75, 3.05) is 13.1 Å². The fourth-order valence-electron chi connectivity index (χ4n) is 2.71. The first kappa shape index (κ1) is 14.0. The summed E-state index contributed by atoms with van der Waals surface area (Å²) >= 11 is 0. The first-order valence-electron chi connectivity index (χ1n) is 6.90. The molecule has 0 amide bonds. The van der Waals surface area contributed by atoms with Crippen LogP contribution in [0.3, 0.4) is 0 Å². The number of benzene rings is 1. The molecular weight excluding hydrogens is 242 g/mol. The summed E-state index contributed by atoms with van der Waals surface area (Å²) in [5, 5.41) is 11.0. The van der Waals surface area contributed by atoms with Gasteiger partial charge >= 0.3 is 0 Å². The van der Waals surface area contributed by atoms with Gasteiger partial charge in [-0.15, -0.1) is 0 Å². The van der Waals surface area contributed by atoms with Crippen molar-refractivity contribution >= 4 is 5.69 Å². The topological polar surface area (TPSA) is 72.4 Å². The lowest BCUT2D eigenvalue weighted by Gasteiger charge is -2.21. The maximum Gasteiger partial charge on any atom is 0.274 e. The Labute approximate surface area is 113 Å². The maximum atomic E-state index is 11.0. The summed E-state index contributed by atoms with van der Waals surface area (Å²) in [6.07, 6.45) is 5.00. The van der Waals surface area contributed by atoms with Crippen LogP contribution in [0.1, 0.15) is 36.8 Å². The Morgan fingerprint density at radius 3 is 2.47 bits per heavy atom. The average molecular weight is 263 g/mol. The Bertz CT molecular complexity index is 440. The minimum atomic E-state index is -0.339. The van der Waals surface area contributed by atoms with E-state index in [1.807, 2.05) is 6.07 Å². The van der Waals surface area contributed by atoms with Crippen LogP contribution < -0.4 is 5.73 Å². The highest BCUT2D eigenvalue weighted by Gasteiger charge is 2.18. The Morgan fingerprint density at radius 1 is 1.21 bits per heavy atom. The summed E-state index contributed by atoms with van der Waals surface area (Å²) in [5.74, 6) is 0. The molecule has 0 unspecified atom stereocenters. The van der Waals surface area contributed by atoms with Crippen molar-refractivity contribution in [1.29, 1.82) is 0 Å². The highest BCUT2D eigenvalue weighted by molar-refractivity contribution is 5.45. The van der Waals surface area contributed by atoms with E-state index in [1.54, 1.807) is 6.07 Å². The second kappa shape index (κ2) is 6.63. The van der Waals surface area contributed by atoms with Crippen LogP contribution in [0.15, 0.2) is 18.2 Å². The second-order valence-corrected chi connectivity index (χ2v) is 5.07. The molecule has 5 heteroatoms. The molecule has 0 radical (unpaired) electrons. The van der Waals surface area contributed by atoms with Crippen LogP contribution in [0.25, 0.3) is 0 Å². The molecule has 0 spiro atoms. The molecule has 1 heterocycles. The SMILES string of the molecule is NCc1c(CN2CCCCCC2)cccc1[N+](=O)[O-]. The van der Waals surface area contributed by atoms with E-state index in [1.165, 1.54) is 31.7 Å². The number of nitrogens with zero attached hydrogens (tertiary/aromatic N) is 2. The van der Waals surface area contributed by atoms with Crippen molar-refractivity contribution in [2.45, 2.75) is 38.8 Å². The van der Waals surface area contributed by atoms with Gasteiger partial charge in [0.25, 0.3) is 5.69 Å². The van der Waals surface area contributed by atoms with Crippen LogP contribution in [-0.2, 0) is 13.1 Å². The zero-order chi connectivity index (χ0) is 13.7. The van der Waals surface area contributed by atoms with Gasteiger partial charge in [0.2, 0.25) is 0 Å². The van der Waals surface area contributed by atoms with Crippen LogP contribution in [-0.4, -0.2) is 22.9 Å². The molecule has 0 atom stereocenters. The molecule has 0 saturated carbocycles. The standard InChI is InChI=1S/C14H21N3O2/c15-10-13-12(6-5-7-14(13)17(18)19)11-16-8-3-1-2-4-9-16/h5-7H,1-4,8-11,15H2. The van der Waals surface area contributed by atoms with Crippen LogP contribution in [0.2, 0.25) is 0 Å². The smallest absolute Gasteiger partial charge is 0.274 e. The molecular formula is C14H21N3O2. The van der Waals surface area contributed by atoms with Gasteiger partial charge in [-0.2, -0.15) is 0 Å². The van der Waals surface area contributed by atoms with E-state index in [0.29, 0.717) is 5.56 Å². The first-order valence-corrected chi connectivity index (χ1v) is 6.90. The van der Waals surface area contributed by atoms with Crippen LogP contribution in [0, 0.1) is 10.1 Å². The lowest BCUT2D eigenvalue weighted by atomic mass is 10.0. The monoisotopic (exact) mass is 263 g/mol. The molecule has 1 aliphatic heterocycles. The predicted octanol–water partition coefficient (Wildman–Crippen LogP) is 2.43. The van der Waals surface area contributed by atoms with Gasteiger partial charge in [-0.25, -0.2) is 0 Å². The largest absolute Gasteiger partial charge is 0.326 e. The molecule has 19 heavy (non-hydrogen) atoms. The van der Waals surface area contributed by atoms with Crippen molar-refractivity contribution in [3.05, 3.63) is 39.4 Å². The maximum absolute atomic E-state index is 11.0. The van der Waals surface area contributed by atoms with E-state index in [-0.39, 0.29) is 17.2 Å². The van der Waals surface area contributed by atoms with Gasteiger partial charge in [-0.1, -0.05) is 25.0 Å². The number of nitro groups is 1. The summed E-state index contributed by atoms with van der Waals surface area (Å²) in [6.45, 7) is 3.15. The molecule has 1 saturated heterocycles. The quantitative estimate of drug-likeness (QED) is 0.669. The highest BCUT2D eigenvalue weighted by Crippen LogP contribution is 2.24. The first-order chi connectivity index (χ1) is 9.22. The van der Waals surface area contributed by atoms with Gasteiger partial charge in [0.15, 0.2) is 0 Å². The molecule has 1 aliphatic rings. The summed E-state index contributed by atoms with van der Waals surface area (Å²) < 4.78 is 0. The van der Waals surface area contributed by atoms with Gasteiger partial charge in [0.05, 0.1) is 4.92 Å². The van der Waals surface area contributed by atoms with E-state index < -0.39 is 0 Å². The molecule has 0 bridgehead atoms. The second-order valence-electron chi connectivity index (χ2n) is 5.07. The molecule has 0 aliphatic carbocycles. The molecule has 1 aromatic carbocycles. The Morgan fingerprint density at radius 2 is 1.89 bits per heavy atom. The van der Waals surface area contributed by atoms with Crippen molar-refractivity contribution < 1.29 is 4.92 Å². The van der Waals surface area contributed by atoms with Gasteiger partial charge < -0.3 is 5.73 Å². The number of nitro benzene ring substituents is 1. The number of hydrogen-bond donors (Lipinski definition) is 1. The Balaban J connectivity index is 2.19. The molecule has 104 valence electrons. The van der Waals surface area contributed by atoms with Crippen molar-refractivity contribution in [3.63, 3.8) is 0 Å². The van der Waals surface area contributed by atoms with Gasteiger partial charge in [-0.05, 0) is 31.5 Å². The molecule has 1 fully saturated rings. The zero-order valence-corrected chi connectivity index (χ0v) is 11.2. The molecule has 2 rings (SSSR count). The van der Waals surface area contributed by atoms with Crippen LogP contribution in [0.4, 0.5) is 5.69 Å². The number of hydrogen-bond acceptors (Lipinski definition) is 4. The van der Waals surface area contributed by atoms with E-state index >= 15 is 0 Å². The third kappa shape index (κ3) is 3.52. The molecule has 0 aromatic heterocycles. The summed E-state index contributed by atoms with van der Waals surface area (Å²) in [5.41, 5.74) is 7.53. The van der Waals surface area contributed by atoms with E-state index in [2.05, 4.69) is 4.90 Å². The predicted molar refractivity (Wildman–Crippen MR) is 74.7 cm³/mol. The molecule has 5 nitrogen and oxygen atoms in total. The summed E-state index contributed by atoms with van der Waals surface area (Å²) in [4.78, 5) is 13.1. The fraction of sp³-hybridized carbons (Fsp3) is 0.571. The average Bonchev–Trinajstić information content (AvgIpc) is 2.67. The van der Waals surface area contributed by atoms with Crippen molar-refractivity contribution in [1.82, 2.24) is 4.90 Å². The summed E-state index contributed by atoms with van der Waals surface area (Å²) in [7, 11) is 0. The van der Waals surface area contributed by atoms with E-state index in [4.69, 9.17) is 5.73 Å². The lowest BCUT2D eigenvalue weighted by molar-refractivity contribution is -0.385. The van der Waals surface area contributed by atoms with E-state index in [9.17, 15) is 10.1 Å². The number of nitrogens with two attached hydrogens (primary N) is 1. The molecule has 2 N–H and O–H groups in total. The minimum absolute atomic E-state index is 0.148. The van der Waals surface area contributed by atoms with Crippen LogP contribution >= 0.6 is 0 Å². The van der Waals surface area contributed by atoms with E-state index in [0.717, 1.165) is 25.2 Å². The third-order valence-electron chi connectivity index (χ3n) is 3.74. The number of likely N-dealkylation sites (tertiary alicyclic amines) is 1. The van der Waals surface area contributed by atoms with Gasteiger partial charge in [0.1, 0.15) is 0 Å². The summed E-state index contributed by atoms with van der Waals surface area (Å²) in [6, 6.07) is 5.25. The van der Waals surface area contributed by atoms with Gasteiger partial charge in [0, 0.05) is 24.7 Å². The fourth-order valence-corrected chi connectivity index (χ4v) is 2.71. The lowest BCUT2D eigenvalue weighted by Crippen LogP contribution is -2.25. The van der Waals surface area contributed by atoms with Crippen molar-refractivity contribution in [3.8, 4) is 0 Å². The third-order valence-corrected chi connectivity index (χ3v) is 3.74. The Kier molecular flexibility index (Phi) is 4.87. The zero-order valence-electron chi connectivity index (χ0n) is 11.2. The highest BCUT2D eigenvalue weighted by atomic mass is 16.6. The van der Waals surface area contributed by atoms with Gasteiger partial charge in [-0.3, -0.25) is 15.0 Å².